The normalized spacial score (nSPS) is 20.7. The fourth-order valence-electron chi connectivity index (χ4n) is 2.22. The molecule has 1 rings (SSSR count). The lowest BCUT2D eigenvalue weighted by Crippen LogP contribution is -2.49. The molecular formula is C14H25NO3. The van der Waals surface area contributed by atoms with E-state index in [2.05, 4.69) is 0 Å². The van der Waals surface area contributed by atoms with E-state index in [1.807, 2.05) is 27.7 Å². The van der Waals surface area contributed by atoms with Crippen molar-refractivity contribution >= 4 is 11.9 Å². The van der Waals surface area contributed by atoms with Gasteiger partial charge in [-0.25, -0.2) is 4.79 Å². The number of likely N-dealkylation sites (tertiary alicyclic amines) is 1. The molecule has 104 valence electrons. The van der Waals surface area contributed by atoms with Crippen LogP contribution in [0.15, 0.2) is 0 Å². The van der Waals surface area contributed by atoms with E-state index in [-0.39, 0.29) is 17.9 Å². The number of ketones is 1. The van der Waals surface area contributed by atoms with E-state index >= 15 is 0 Å². The molecule has 1 fully saturated rings. The zero-order chi connectivity index (χ0) is 13.8. The number of piperidine rings is 1. The lowest BCUT2D eigenvalue weighted by atomic mass is 9.96. The second-order valence-corrected chi connectivity index (χ2v) is 5.90. The highest BCUT2D eigenvalue weighted by Crippen LogP contribution is 2.22. The van der Waals surface area contributed by atoms with E-state index in [0.717, 1.165) is 25.7 Å². The molecule has 0 bridgehead atoms. The van der Waals surface area contributed by atoms with Crippen LogP contribution >= 0.6 is 0 Å². The Balaban J connectivity index is 2.70. The van der Waals surface area contributed by atoms with Gasteiger partial charge >= 0.3 is 6.09 Å². The van der Waals surface area contributed by atoms with Crippen LogP contribution < -0.4 is 0 Å². The van der Waals surface area contributed by atoms with Crippen molar-refractivity contribution in [1.29, 1.82) is 0 Å². The standard InChI is InChI=1S/C14H25NO3/c1-5-8-12(16)11-9-6-7-10-15(11)13(17)18-14(2,3)4/h11H,5-10H2,1-4H3/t11-/m1/s1. The Hall–Kier alpha value is -1.06. The number of nitrogens with zero attached hydrogens (tertiary/aromatic N) is 1. The van der Waals surface area contributed by atoms with E-state index in [9.17, 15) is 9.59 Å². The van der Waals surface area contributed by atoms with Gasteiger partial charge in [-0.15, -0.1) is 0 Å². The molecule has 1 amide bonds. The summed E-state index contributed by atoms with van der Waals surface area (Å²) in [5.74, 6) is 0.169. The van der Waals surface area contributed by atoms with Gasteiger partial charge in [-0.2, -0.15) is 0 Å². The number of carbonyl (C=O) groups is 2. The van der Waals surface area contributed by atoms with Gasteiger partial charge in [-0.3, -0.25) is 9.69 Å². The molecule has 0 saturated carbocycles. The molecule has 4 heteroatoms. The molecule has 0 aromatic rings. The molecule has 1 aliphatic rings. The highest BCUT2D eigenvalue weighted by Gasteiger charge is 2.33. The van der Waals surface area contributed by atoms with Crippen molar-refractivity contribution in [2.45, 2.75) is 71.4 Å². The van der Waals surface area contributed by atoms with Gasteiger partial charge in [0.1, 0.15) is 5.60 Å². The van der Waals surface area contributed by atoms with Crippen molar-refractivity contribution in [3.63, 3.8) is 0 Å². The van der Waals surface area contributed by atoms with Gasteiger partial charge in [0, 0.05) is 13.0 Å². The Kier molecular flexibility index (Phi) is 5.17. The molecule has 1 heterocycles. The van der Waals surface area contributed by atoms with Crippen molar-refractivity contribution < 1.29 is 14.3 Å². The second-order valence-electron chi connectivity index (χ2n) is 5.90. The summed E-state index contributed by atoms with van der Waals surface area (Å²) in [5, 5.41) is 0. The quantitative estimate of drug-likeness (QED) is 0.778. The predicted molar refractivity (Wildman–Crippen MR) is 70.5 cm³/mol. The summed E-state index contributed by atoms with van der Waals surface area (Å²) in [6.45, 7) is 8.15. The van der Waals surface area contributed by atoms with Crippen LogP contribution in [0.25, 0.3) is 0 Å². The van der Waals surface area contributed by atoms with Crippen molar-refractivity contribution in [3.05, 3.63) is 0 Å². The molecule has 4 nitrogen and oxygen atoms in total. The summed E-state index contributed by atoms with van der Waals surface area (Å²) in [4.78, 5) is 25.7. The third kappa shape index (κ3) is 4.31. The van der Waals surface area contributed by atoms with Crippen molar-refractivity contribution in [2.24, 2.45) is 0 Å². The smallest absolute Gasteiger partial charge is 0.410 e. The SMILES string of the molecule is CCCC(=O)[C@H]1CCCCN1C(=O)OC(C)(C)C. The van der Waals surface area contributed by atoms with Gasteiger partial charge in [-0.05, 0) is 46.5 Å². The van der Waals surface area contributed by atoms with E-state index in [0.29, 0.717) is 13.0 Å². The van der Waals surface area contributed by atoms with Gasteiger partial charge in [0.2, 0.25) is 0 Å². The van der Waals surface area contributed by atoms with Gasteiger partial charge in [0.05, 0.1) is 6.04 Å². The van der Waals surface area contributed by atoms with Crippen LogP contribution in [0.2, 0.25) is 0 Å². The maximum Gasteiger partial charge on any atom is 0.410 e. The highest BCUT2D eigenvalue weighted by atomic mass is 16.6. The van der Waals surface area contributed by atoms with Crippen molar-refractivity contribution in [3.8, 4) is 0 Å². The Labute approximate surface area is 110 Å². The predicted octanol–water partition coefficient (Wildman–Crippen LogP) is 3.15. The molecule has 0 aliphatic carbocycles. The van der Waals surface area contributed by atoms with Gasteiger partial charge in [0.25, 0.3) is 0 Å². The van der Waals surface area contributed by atoms with E-state index < -0.39 is 5.60 Å². The van der Waals surface area contributed by atoms with Crippen molar-refractivity contribution in [1.82, 2.24) is 4.90 Å². The maximum absolute atomic E-state index is 12.1. The molecule has 0 unspecified atom stereocenters. The minimum Gasteiger partial charge on any atom is -0.444 e. The first kappa shape index (κ1) is 15.0. The average molecular weight is 255 g/mol. The van der Waals surface area contributed by atoms with Crippen LogP contribution in [0, 0.1) is 0 Å². The number of hydrogen-bond acceptors (Lipinski definition) is 3. The molecule has 0 radical (unpaired) electrons. The topological polar surface area (TPSA) is 46.6 Å². The third-order valence-corrected chi connectivity index (χ3v) is 3.00. The van der Waals surface area contributed by atoms with Crippen LogP contribution in [0.3, 0.4) is 0 Å². The summed E-state index contributed by atoms with van der Waals surface area (Å²) in [7, 11) is 0. The largest absolute Gasteiger partial charge is 0.444 e. The number of ether oxygens (including phenoxy) is 1. The Morgan fingerprint density at radius 2 is 1.94 bits per heavy atom. The van der Waals surface area contributed by atoms with Crippen LogP contribution in [0.4, 0.5) is 4.79 Å². The van der Waals surface area contributed by atoms with E-state index in [1.54, 1.807) is 4.90 Å². The molecule has 0 N–H and O–H groups in total. The summed E-state index contributed by atoms with van der Waals surface area (Å²) < 4.78 is 5.37. The summed E-state index contributed by atoms with van der Waals surface area (Å²) in [5.41, 5.74) is -0.507. The number of amides is 1. The fraction of sp³-hybridized carbons (Fsp3) is 0.857. The zero-order valence-corrected chi connectivity index (χ0v) is 12.0. The zero-order valence-electron chi connectivity index (χ0n) is 12.0. The highest BCUT2D eigenvalue weighted by molar-refractivity contribution is 5.87. The number of Topliss-reactive ketones (excluding diaryl/α,β-unsaturated/α-hetero) is 1. The van der Waals surface area contributed by atoms with E-state index in [1.165, 1.54) is 0 Å². The minimum atomic E-state index is -0.507. The third-order valence-electron chi connectivity index (χ3n) is 3.00. The first-order chi connectivity index (χ1) is 8.35. The summed E-state index contributed by atoms with van der Waals surface area (Å²) in [6.07, 6.45) is 3.77. The second kappa shape index (κ2) is 6.21. The summed E-state index contributed by atoms with van der Waals surface area (Å²) in [6, 6.07) is -0.270. The molecule has 0 aromatic heterocycles. The molecule has 1 atom stereocenters. The molecule has 0 spiro atoms. The lowest BCUT2D eigenvalue weighted by Gasteiger charge is -2.35. The molecule has 1 saturated heterocycles. The Bertz CT molecular complexity index is 307. The number of hydrogen-bond donors (Lipinski definition) is 0. The van der Waals surface area contributed by atoms with Crippen LogP contribution in [-0.2, 0) is 9.53 Å². The lowest BCUT2D eigenvalue weighted by molar-refractivity contribution is -0.125. The molecule has 18 heavy (non-hydrogen) atoms. The fourth-order valence-corrected chi connectivity index (χ4v) is 2.22. The minimum absolute atomic E-state index is 0.169. The van der Waals surface area contributed by atoms with E-state index in [4.69, 9.17) is 4.74 Å². The molecule has 0 aromatic carbocycles. The average Bonchev–Trinajstić information content (AvgIpc) is 2.27. The van der Waals surface area contributed by atoms with Crippen LogP contribution in [-0.4, -0.2) is 35.0 Å². The Morgan fingerprint density at radius 1 is 1.28 bits per heavy atom. The van der Waals surface area contributed by atoms with Crippen LogP contribution in [0.1, 0.15) is 59.8 Å². The van der Waals surface area contributed by atoms with Gasteiger partial charge in [-0.1, -0.05) is 6.92 Å². The Morgan fingerprint density at radius 3 is 2.50 bits per heavy atom. The first-order valence-electron chi connectivity index (χ1n) is 6.87. The monoisotopic (exact) mass is 255 g/mol. The van der Waals surface area contributed by atoms with Gasteiger partial charge in [0.15, 0.2) is 5.78 Å². The number of rotatable bonds is 3. The van der Waals surface area contributed by atoms with Crippen molar-refractivity contribution in [2.75, 3.05) is 6.54 Å². The first-order valence-corrected chi connectivity index (χ1v) is 6.87. The van der Waals surface area contributed by atoms with Crippen LogP contribution in [0.5, 0.6) is 0 Å². The number of carbonyl (C=O) groups excluding carboxylic acids is 2. The molecule has 1 aliphatic heterocycles. The maximum atomic E-state index is 12.1. The summed E-state index contributed by atoms with van der Waals surface area (Å²) >= 11 is 0. The van der Waals surface area contributed by atoms with Gasteiger partial charge < -0.3 is 4.74 Å². The molecular weight excluding hydrogens is 230 g/mol.